The van der Waals surface area contributed by atoms with Gasteiger partial charge in [0, 0.05) is 81.4 Å². The summed E-state index contributed by atoms with van der Waals surface area (Å²) >= 11 is 0. The Hall–Kier alpha value is -4.25. The van der Waals surface area contributed by atoms with Gasteiger partial charge in [-0.3, -0.25) is 19.4 Å². The van der Waals surface area contributed by atoms with E-state index in [1.807, 2.05) is 44.6 Å². The van der Waals surface area contributed by atoms with Crippen LogP contribution in [0.5, 0.6) is 0 Å². The molecule has 5 aromatic rings. The molecule has 4 heterocycles. The molecule has 0 N–H and O–H groups in total. The molecule has 1 saturated heterocycles. The SMILES string of the molecule is CN1CCN(Cc2ccc(-n3c(N(C)C)nc4cnc5ccc(C#Cc6cccnc6)cc5c43)cc2)CC1. The first-order valence-corrected chi connectivity index (χ1v) is 13.0. The Morgan fingerprint density at radius 2 is 1.66 bits per heavy atom. The minimum Gasteiger partial charge on any atom is -0.348 e. The van der Waals surface area contributed by atoms with Crippen LogP contribution in [0.15, 0.2) is 73.2 Å². The highest BCUT2D eigenvalue weighted by Gasteiger charge is 2.18. The van der Waals surface area contributed by atoms with E-state index in [-0.39, 0.29) is 0 Å². The largest absolute Gasteiger partial charge is 0.348 e. The van der Waals surface area contributed by atoms with E-state index >= 15 is 0 Å². The summed E-state index contributed by atoms with van der Waals surface area (Å²) in [4.78, 5) is 20.8. The second kappa shape index (κ2) is 10.3. The number of hydrogen-bond acceptors (Lipinski definition) is 6. The lowest BCUT2D eigenvalue weighted by Gasteiger charge is -2.32. The lowest BCUT2D eigenvalue weighted by molar-refractivity contribution is 0.148. The first-order valence-electron chi connectivity index (χ1n) is 13.0. The van der Waals surface area contributed by atoms with Crippen molar-refractivity contribution in [3.63, 3.8) is 0 Å². The molecule has 6 rings (SSSR count). The Labute approximate surface area is 223 Å². The number of imidazole rings is 1. The minimum atomic E-state index is 0.861. The van der Waals surface area contributed by atoms with E-state index in [1.165, 1.54) is 5.56 Å². The van der Waals surface area contributed by atoms with Crippen molar-refractivity contribution in [3.8, 4) is 17.5 Å². The molecule has 2 aromatic carbocycles. The second-order valence-corrected chi connectivity index (χ2v) is 10.1. The highest BCUT2D eigenvalue weighted by atomic mass is 15.3. The monoisotopic (exact) mass is 501 g/mol. The number of piperazine rings is 1. The zero-order chi connectivity index (χ0) is 26.1. The maximum absolute atomic E-state index is 4.95. The predicted molar refractivity (Wildman–Crippen MR) is 154 cm³/mol. The maximum atomic E-state index is 4.95. The van der Waals surface area contributed by atoms with Gasteiger partial charge in [0.15, 0.2) is 0 Å². The van der Waals surface area contributed by atoms with Crippen molar-refractivity contribution in [1.82, 2.24) is 29.3 Å². The topological polar surface area (TPSA) is 53.3 Å². The molecule has 0 spiro atoms. The number of likely N-dealkylation sites (N-methyl/N-ethyl adjacent to an activating group) is 1. The van der Waals surface area contributed by atoms with Gasteiger partial charge >= 0.3 is 0 Å². The summed E-state index contributed by atoms with van der Waals surface area (Å²) in [7, 11) is 6.25. The molecule has 0 atom stereocenters. The Morgan fingerprint density at radius 1 is 0.868 bits per heavy atom. The molecule has 0 amide bonds. The first-order chi connectivity index (χ1) is 18.5. The van der Waals surface area contributed by atoms with E-state index in [4.69, 9.17) is 9.97 Å². The molecule has 1 aliphatic heterocycles. The molecule has 0 bridgehead atoms. The van der Waals surface area contributed by atoms with Crippen LogP contribution in [0.4, 0.5) is 5.95 Å². The fraction of sp³-hybridized carbons (Fsp3) is 0.258. The minimum absolute atomic E-state index is 0.861. The number of hydrogen-bond donors (Lipinski definition) is 0. The lowest BCUT2D eigenvalue weighted by atomic mass is 10.1. The van der Waals surface area contributed by atoms with Crippen molar-refractivity contribution in [2.75, 3.05) is 52.2 Å². The predicted octanol–water partition coefficient (Wildman–Crippen LogP) is 4.18. The third-order valence-electron chi connectivity index (χ3n) is 7.07. The van der Waals surface area contributed by atoms with Crippen molar-refractivity contribution in [2.24, 2.45) is 0 Å². The Kier molecular flexibility index (Phi) is 6.50. The van der Waals surface area contributed by atoms with E-state index in [9.17, 15) is 0 Å². The Morgan fingerprint density at radius 3 is 2.39 bits per heavy atom. The summed E-state index contributed by atoms with van der Waals surface area (Å²) < 4.78 is 2.23. The number of aromatic nitrogens is 4. The van der Waals surface area contributed by atoms with Crippen LogP contribution in [-0.4, -0.2) is 76.6 Å². The Balaban J connectivity index is 1.41. The van der Waals surface area contributed by atoms with Gasteiger partial charge in [0.05, 0.1) is 17.2 Å². The summed E-state index contributed by atoms with van der Waals surface area (Å²) in [6, 6.07) is 18.9. The summed E-state index contributed by atoms with van der Waals surface area (Å²) in [5.74, 6) is 7.37. The molecular weight excluding hydrogens is 470 g/mol. The van der Waals surface area contributed by atoms with E-state index in [1.54, 1.807) is 12.4 Å². The lowest BCUT2D eigenvalue weighted by Crippen LogP contribution is -2.43. The molecule has 0 radical (unpaired) electrons. The highest BCUT2D eigenvalue weighted by molar-refractivity contribution is 6.04. The fourth-order valence-corrected chi connectivity index (χ4v) is 4.96. The van der Waals surface area contributed by atoms with Gasteiger partial charge in [-0.15, -0.1) is 0 Å². The van der Waals surface area contributed by atoms with Crippen LogP contribution in [-0.2, 0) is 6.54 Å². The molecule has 0 aliphatic carbocycles. The third kappa shape index (κ3) is 4.84. The fourth-order valence-electron chi connectivity index (χ4n) is 4.96. The van der Waals surface area contributed by atoms with Crippen LogP contribution < -0.4 is 4.90 Å². The van der Waals surface area contributed by atoms with Gasteiger partial charge in [-0.1, -0.05) is 24.0 Å². The summed E-state index contributed by atoms with van der Waals surface area (Å²) in [6.45, 7) is 5.45. The van der Waals surface area contributed by atoms with Gasteiger partial charge in [0.1, 0.15) is 5.52 Å². The van der Waals surface area contributed by atoms with Crippen molar-refractivity contribution in [3.05, 3.63) is 89.9 Å². The average Bonchev–Trinajstić information content (AvgIpc) is 3.35. The average molecular weight is 502 g/mol. The van der Waals surface area contributed by atoms with E-state index in [2.05, 4.69) is 73.5 Å². The molecule has 0 unspecified atom stereocenters. The van der Waals surface area contributed by atoms with Gasteiger partial charge in [-0.25, -0.2) is 4.98 Å². The van der Waals surface area contributed by atoms with Gasteiger partial charge in [-0.2, -0.15) is 0 Å². The third-order valence-corrected chi connectivity index (χ3v) is 7.07. The van der Waals surface area contributed by atoms with Gasteiger partial charge < -0.3 is 9.80 Å². The second-order valence-electron chi connectivity index (χ2n) is 10.1. The number of fused-ring (bicyclic) bond motifs is 3. The highest BCUT2D eigenvalue weighted by Crippen LogP contribution is 2.31. The van der Waals surface area contributed by atoms with Crippen molar-refractivity contribution >= 4 is 27.9 Å². The summed E-state index contributed by atoms with van der Waals surface area (Å²) in [5.41, 5.74) is 7.04. The van der Waals surface area contributed by atoms with E-state index in [0.717, 1.165) is 77.4 Å². The van der Waals surface area contributed by atoms with E-state index < -0.39 is 0 Å². The van der Waals surface area contributed by atoms with Crippen molar-refractivity contribution < 1.29 is 0 Å². The van der Waals surface area contributed by atoms with Crippen LogP contribution in [0, 0.1) is 11.8 Å². The molecule has 1 fully saturated rings. The van der Waals surface area contributed by atoms with Crippen molar-refractivity contribution in [2.45, 2.75) is 6.54 Å². The van der Waals surface area contributed by atoms with Crippen LogP contribution >= 0.6 is 0 Å². The van der Waals surface area contributed by atoms with Gasteiger partial charge in [0.2, 0.25) is 5.95 Å². The van der Waals surface area contributed by atoms with Crippen LogP contribution in [0.3, 0.4) is 0 Å². The standard InChI is InChI=1S/C31H31N7/c1-35(2)31-34-29-21-33-28-13-10-23(6-7-24-5-4-14-32-20-24)19-27(28)30(29)38(31)26-11-8-25(9-12-26)22-37-17-15-36(3)16-18-37/h4-5,8-14,19-21H,15-18,22H2,1-3H3. The van der Waals surface area contributed by atoms with Crippen LogP contribution in [0.1, 0.15) is 16.7 Å². The quantitative estimate of drug-likeness (QED) is 0.345. The number of pyridine rings is 2. The molecular formula is C31H31N7. The molecule has 3 aromatic heterocycles. The normalized spacial score (nSPS) is 14.5. The van der Waals surface area contributed by atoms with E-state index in [0.29, 0.717) is 0 Å². The van der Waals surface area contributed by atoms with Gasteiger partial charge in [-0.05, 0) is 55.1 Å². The van der Waals surface area contributed by atoms with Crippen LogP contribution in [0.25, 0.3) is 27.6 Å². The molecule has 190 valence electrons. The zero-order valence-electron chi connectivity index (χ0n) is 22.1. The molecule has 7 heteroatoms. The summed E-state index contributed by atoms with van der Waals surface area (Å²) in [5, 5.41) is 1.03. The van der Waals surface area contributed by atoms with Crippen LogP contribution in [0.2, 0.25) is 0 Å². The molecule has 7 nitrogen and oxygen atoms in total. The number of anilines is 1. The smallest absolute Gasteiger partial charge is 0.210 e. The van der Waals surface area contributed by atoms with Gasteiger partial charge in [0.25, 0.3) is 0 Å². The maximum Gasteiger partial charge on any atom is 0.210 e. The number of rotatable bonds is 4. The Bertz CT molecular complexity index is 1640. The first kappa shape index (κ1) is 24.1. The molecule has 38 heavy (non-hydrogen) atoms. The zero-order valence-corrected chi connectivity index (χ0v) is 22.1. The summed E-state index contributed by atoms with van der Waals surface area (Å²) in [6.07, 6.45) is 5.40. The van der Waals surface area contributed by atoms with Crippen molar-refractivity contribution in [1.29, 1.82) is 0 Å². The molecule has 0 saturated carbocycles. The number of benzene rings is 2. The number of nitrogens with zero attached hydrogens (tertiary/aromatic N) is 7. The molecule has 1 aliphatic rings.